The van der Waals surface area contributed by atoms with E-state index < -0.39 is 0 Å². The van der Waals surface area contributed by atoms with Crippen LogP contribution in [0.15, 0.2) is 35.2 Å². The minimum Gasteiger partial charge on any atom is -0.399 e. The van der Waals surface area contributed by atoms with Crippen molar-refractivity contribution in [3.63, 3.8) is 0 Å². The maximum atomic E-state index is 12.3. The number of hydrogen-bond acceptors (Lipinski definition) is 4. The second-order valence-corrected chi connectivity index (χ2v) is 4.64. The van der Waals surface area contributed by atoms with E-state index in [-0.39, 0.29) is 5.91 Å². The molecule has 1 aromatic heterocycles. The zero-order valence-corrected chi connectivity index (χ0v) is 11.0. The molecule has 0 aliphatic rings. The van der Waals surface area contributed by atoms with Gasteiger partial charge in [-0.15, -0.1) is 11.3 Å². The zero-order chi connectivity index (χ0) is 13.0. The van der Waals surface area contributed by atoms with E-state index in [2.05, 4.69) is 4.98 Å². The third-order valence-electron chi connectivity index (χ3n) is 2.53. The maximum absolute atomic E-state index is 12.3. The molecule has 0 saturated carbocycles. The second-order valence-electron chi connectivity index (χ2n) is 3.93. The van der Waals surface area contributed by atoms with Crippen molar-refractivity contribution in [2.45, 2.75) is 13.3 Å². The third kappa shape index (κ3) is 2.68. The fraction of sp³-hybridized carbons (Fsp3) is 0.231. The Hall–Kier alpha value is -1.88. The highest BCUT2D eigenvalue weighted by Crippen LogP contribution is 2.20. The molecule has 2 N–H and O–H groups in total. The molecule has 1 heterocycles. The van der Waals surface area contributed by atoms with Crippen LogP contribution in [-0.2, 0) is 0 Å². The minimum atomic E-state index is -0.0799. The van der Waals surface area contributed by atoms with Crippen molar-refractivity contribution in [1.29, 1.82) is 0 Å². The van der Waals surface area contributed by atoms with Crippen LogP contribution < -0.4 is 10.6 Å². The molecule has 0 fully saturated rings. The number of thiazole rings is 1. The lowest BCUT2D eigenvalue weighted by molar-refractivity contribution is 0.0983. The highest BCUT2D eigenvalue weighted by atomic mass is 32.1. The van der Waals surface area contributed by atoms with Gasteiger partial charge in [-0.05, 0) is 24.6 Å². The summed E-state index contributed by atoms with van der Waals surface area (Å²) in [6.07, 6.45) is 0.880. The number of nitrogens with two attached hydrogens (primary N) is 1. The predicted octanol–water partition coefficient (Wildman–Crippen LogP) is 2.78. The number of nitrogens with zero attached hydrogens (tertiary/aromatic N) is 2. The fourth-order valence-corrected chi connectivity index (χ4v) is 2.25. The summed E-state index contributed by atoms with van der Waals surface area (Å²) in [5, 5.41) is 1.76. The van der Waals surface area contributed by atoms with Crippen molar-refractivity contribution in [2.75, 3.05) is 17.2 Å². The van der Waals surface area contributed by atoms with Crippen molar-refractivity contribution < 1.29 is 4.79 Å². The van der Waals surface area contributed by atoms with Crippen molar-refractivity contribution in [1.82, 2.24) is 4.98 Å². The number of carbonyl (C=O) groups excluding carboxylic acids is 1. The van der Waals surface area contributed by atoms with Crippen molar-refractivity contribution >= 4 is 28.6 Å². The molecule has 5 heteroatoms. The Bertz CT molecular complexity index is 525. The third-order valence-corrected chi connectivity index (χ3v) is 3.11. The van der Waals surface area contributed by atoms with Crippen LogP contribution >= 0.6 is 11.3 Å². The number of nitrogen functional groups attached to an aromatic ring is 1. The number of hydrogen-bond donors (Lipinski definition) is 1. The lowest BCUT2D eigenvalue weighted by Crippen LogP contribution is -2.31. The smallest absolute Gasteiger partial charge is 0.277 e. The van der Waals surface area contributed by atoms with Gasteiger partial charge < -0.3 is 10.6 Å². The molecule has 0 saturated heterocycles. The SMILES string of the molecule is CCCN(C(=O)c1cscn1)c1cccc(N)c1. The first kappa shape index (κ1) is 12.6. The van der Waals surface area contributed by atoms with Crippen LogP contribution in [0, 0.1) is 0 Å². The molecule has 0 unspecified atom stereocenters. The molecule has 2 aromatic rings. The lowest BCUT2D eigenvalue weighted by atomic mass is 10.2. The largest absolute Gasteiger partial charge is 0.399 e. The Morgan fingerprint density at radius 1 is 1.50 bits per heavy atom. The molecule has 18 heavy (non-hydrogen) atoms. The van der Waals surface area contributed by atoms with Crippen LogP contribution in [0.1, 0.15) is 23.8 Å². The Labute approximate surface area is 110 Å². The van der Waals surface area contributed by atoms with Crippen molar-refractivity contribution in [3.05, 3.63) is 40.8 Å². The van der Waals surface area contributed by atoms with E-state index in [4.69, 9.17) is 5.73 Å². The number of aromatic nitrogens is 1. The Morgan fingerprint density at radius 2 is 2.33 bits per heavy atom. The molecular formula is C13H15N3OS. The van der Waals surface area contributed by atoms with Gasteiger partial charge in [-0.25, -0.2) is 4.98 Å². The van der Waals surface area contributed by atoms with E-state index in [1.165, 1.54) is 11.3 Å². The highest BCUT2D eigenvalue weighted by molar-refractivity contribution is 7.07. The van der Waals surface area contributed by atoms with Crippen LogP contribution in [0.5, 0.6) is 0 Å². The molecule has 0 aliphatic heterocycles. The van der Waals surface area contributed by atoms with E-state index in [0.717, 1.165) is 12.1 Å². The number of amides is 1. The number of anilines is 2. The van der Waals surface area contributed by atoms with Gasteiger partial charge in [0.1, 0.15) is 5.69 Å². The van der Waals surface area contributed by atoms with Gasteiger partial charge in [-0.3, -0.25) is 4.79 Å². The van der Waals surface area contributed by atoms with Crippen LogP contribution in [0.4, 0.5) is 11.4 Å². The molecule has 0 atom stereocenters. The van der Waals surface area contributed by atoms with Gasteiger partial charge in [-0.1, -0.05) is 13.0 Å². The van der Waals surface area contributed by atoms with Crippen LogP contribution in [0.3, 0.4) is 0 Å². The molecule has 4 nitrogen and oxygen atoms in total. The summed E-state index contributed by atoms with van der Waals surface area (Å²) in [5.74, 6) is -0.0799. The Morgan fingerprint density at radius 3 is 2.94 bits per heavy atom. The summed E-state index contributed by atoms with van der Waals surface area (Å²) >= 11 is 1.42. The number of benzene rings is 1. The van der Waals surface area contributed by atoms with Crippen LogP contribution in [0.25, 0.3) is 0 Å². The Kier molecular flexibility index (Phi) is 3.94. The second kappa shape index (κ2) is 5.64. The summed E-state index contributed by atoms with van der Waals surface area (Å²) in [7, 11) is 0. The summed E-state index contributed by atoms with van der Waals surface area (Å²) in [6.45, 7) is 2.69. The lowest BCUT2D eigenvalue weighted by Gasteiger charge is -2.21. The molecule has 1 amide bonds. The van der Waals surface area contributed by atoms with Crippen LogP contribution in [-0.4, -0.2) is 17.4 Å². The monoisotopic (exact) mass is 261 g/mol. The molecule has 94 valence electrons. The van der Waals surface area contributed by atoms with Gasteiger partial charge in [0.15, 0.2) is 0 Å². The molecule has 2 rings (SSSR count). The van der Waals surface area contributed by atoms with Gasteiger partial charge >= 0.3 is 0 Å². The number of rotatable bonds is 4. The minimum absolute atomic E-state index is 0.0799. The van der Waals surface area contributed by atoms with E-state index in [9.17, 15) is 4.79 Å². The molecule has 1 aromatic carbocycles. The van der Waals surface area contributed by atoms with Crippen LogP contribution in [0.2, 0.25) is 0 Å². The normalized spacial score (nSPS) is 10.3. The van der Waals surface area contributed by atoms with Gasteiger partial charge in [0.25, 0.3) is 5.91 Å². The average Bonchev–Trinajstić information content (AvgIpc) is 2.89. The predicted molar refractivity (Wildman–Crippen MR) is 74.9 cm³/mol. The summed E-state index contributed by atoms with van der Waals surface area (Å²) in [5.41, 5.74) is 9.37. The van der Waals surface area contributed by atoms with E-state index >= 15 is 0 Å². The quantitative estimate of drug-likeness (QED) is 0.861. The zero-order valence-electron chi connectivity index (χ0n) is 10.2. The number of carbonyl (C=O) groups is 1. The first-order valence-corrected chi connectivity index (χ1v) is 6.72. The summed E-state index contributed by atoms with van der Waals surface area (Å²) in [6, 6.07) is 7.35. The maximum Gasteiger partial charge on any atom is 0.277 e. The van der Waals surface area contributed by atoms with E-state index in [1.807, 2.05) is 19.1 Å². The topological polar surface area (TPSA) is 59.2 Å². The van der Waals surface area contributed by atoms with E-state index in [1.54, 1.807) is 27.9 Å². The molecular weight excluding hydrogens is 246 g/mol. The molecule has 0 aliphatic carbocycles. The molecule has 0 radical (unpaired) electrons. The molecule has 0 spiro atoms. The van der Waals surface area contributed by atoms with Gasteiger partial charge in [0.2, 0.25) is 0 Å². The fourth-order valence-electron chi connectivity index (χ4n) is 1.72. The molecule has 0 bridgehead atoms. The summed E-state index contributed by atoms with van der Waals surface area (Å²) in [4.78, 5) is 18.1. The average molecular weight is 261 g/mol. The van der Waals surface area contributed by atoms with Gasteiger partial charge in [0.05, 0.1) is 5.51 Å². The van der Waals surface area contributed by atoms with Gasteiger partial charge in [-0.2, -0.15) is 0 Å². The highest BCUT2D eigenvalue weighted by Gasteiger charge is 2.18. The van der Waals surface area contributed by atoms with Crippen molar-refractivity contribution in [3.8, 4) is 0 Å². The van der Waals surface area contributed by atoms with Gasteiger partial charge in [0, 0.05) is 23.3 Å². The van der Waals surface area contributed by atoms with Crippen molar-refractivity contribution in [2.24, 2.45) is 0 Å². The first-order valence-electron chi connectivity index (χ1n) is 5.78. The first-order chi connectivity index (χ1) is 8.72. The Balaban J connectivity index is 2.31. The van der Waals surface area contributed by atoms with E-state index in [0.29, 0.717) is 17.9 Å². The standard InChI is InChI=1S/C13H15N3OS/c1-2-6-16(11-5-3-4-10(14)7-11)13(17)12-8-18-9-15-12/h3-5,7-9H,2,6,14H2,1H3. The summed E-state index contributed by atoms with van der Waals surface area (Å²) < 4.78 is 0.